The average Bonchev–Trinajstić information content (AvgIpc) is 2.55. The van der Waals surface area contributed by atoms with Gasteiger partial charge in [-0.3, -0.25) is 0 Å². The number of aromatic nitrogens is 1. The molecule has 1 aromatic heterocycles. The number of hydrogen-bond acceptors (Lipinski definition) is 4. The van der Waals surface area contributed by atoms with Gasteiger partial charge in [-0.25, -0.2) is 4.98 Å². The Balaban J connectivity index is 2.53. The van der Waals surface area contributed by atoms with E-state index in [-0.39, 0.29) is 6.10 Å². The van der Waals surface area contributed by atoms with Crippen molar-refractivity contribution in [2.75, 3.05) is 19.0 Å². The van der Waals surface area contributed by atoms with E-state index in [9.17, 15) is 0 Å². The van der Waals surface area contributed by atoms with E-state index < -0.39 is 0 Å². The van der Waals surface area contributed by atoms with Crippen LogP contribution in [0, 0.1) is 27.7 Å². The van der Waals surface area contributed by atoms with Gasteiger partial charge in [-0.05, 0) is 51.7 Å². The van der Waals surface area contributed by atoms with Crippen molar-refractivity contribution in [3.63, 3.8) is 0 Å². The third-order valence-corrected chi connectivity index (χ3v) is 4.51. The lowest BCUT2D eigenvalue weighted by molar-refractivity contribution is 0.192. The van der Waals surface area contributed by atoms with Gasteiger partial charge in [0.05, 0.1) is 6.10 Å². The second-order valence-corrected chi connectivity index (χ2v) is 7.20. The van der Waals surface area contributed by atoms with E-state index >= 15 is 0 Å². The summed E-state index contributed by atoms with van der Waals surface area (Å²) in [6.45, 7) is 12.5. The Labute approximate surface area is 158 Å². The molecular formula is C22H32N2O2. The largest absolute Gasteiger partial charge is 0.488 e. The minimum absolute atomic E-state index is 0.186. The van der Waals surface area contributed by atoms with Crippen LogP contribution in [0.4, 0.5) is 5.69 Å². The summed E-state index contributed by atoms with van der Waals surface area (Å²) in [5.41, 5.74) is 5.21. The summed E-state index contributed by atoms with van der Waals surface area (Å²) in [6, 6.07) is 6.26. The lowest BCUT2D eigenvalue weighted by atomic mass is 10.1. The first-order valence-electron chi connectivity index (χ1n) is 9.38. The number of benzene rings is 1. The zero-order chi connectivity index (χ0) is 19.4. The molecule has 0 aliphatic rings. The Kier molecular flexibility index (Phi) is 6.52. The van der Waals surface area contributed by atoms with E-state index in [1.807, 2.05) is 32.0 Å². The first-order chi connectivity index (χ1) is 12.3. The summed E-state index contributed by atoms with van der Waals surface area (Å²) in [4.78, 5) is 6.68. The molecule has 0 fully saturated rings. The molecule has 0 bridgehead atoms. The molecule has 0 spiro atoms. The smallest absolute Gasteiger partial charge is 0.247 e. The summed E-state index contributed by atoms with van der Waals surface area (Å²) < 4.78 is 12.6. The fraction of sp³-hybridized carbons (Fsp3) is 0.500. The van der Waals surface area contributed by atoms with Gasteiger partial charge in [0.1, 0.15) is 17.2 Å². The van der Waals surface area contributed by atoms with Gasteiger partial charge in [-0.15, -0.1) is 0 Å². The lowest BCUT2D eigenvalue weighted by Crippen LogP contribution is -2.18. The van der Waals surface area contributed by atoms with Gasteiger partial charge >= 0.3 is 0 Å². The van der Waals surface area contributed by atoms with Gasteiger partial charge < -0.3 is 14.4 Å². The third-order valence-electron chi connectivity index (χ3n) is 4.51. The van der Waals surface area contributed by atoms with Crippen molar-refractivity contribution in [3.05, 3.63) is 40.6 Å². The molecule has 1 heterocycles. The van der Waals surface area contributed by atoms with Crippen molar-refractivity contribution in [1.82, 2.24) is 4.98 Å². The zero-order valence-electron chi connectivity index (χ0n) is 17.4. The molecule has 0 N–H and O–H groups in total. The van der Waals surface area contributed by atoms with E-state index in [2.05, 4.69) is 51.7 Å². The van der Waals surface area contributed by atoms with Crippen molar-refractivity contribution in [2.45, 2.75) is 60.5 Å². The highest BCUT2D eigenvalue weighted by atomic mass is 16.5. The Morgan fingerprint density at radius 1 is 0.962 bits per heavy atom. The van der Waals surface area contributed by atoms with E-state index in [0.29, 0.717) is 5.88 Å². The molecule has 4 nitrogen and oxygen atoms in total. The minimum Gasteiger partial charge on any atom is -0.488 e. The molecular weight excluding hydrogens is 324 g/mol. The van der Waals surface area contributed by atoms with Gasteiger partial charge in [0.15, 0.2) is 0 Å². The maximum absolute atomic E-state index is 6.32. The number of ether oxygens (including phenoxy) is 2. The van der Waals surface area contributed by atoms with Crippen molar-refractivity contribution in [3.8, 4) is 17.4 Å². The second kappa shape index (κ2) is 8.43. The fourth-order valence-electron chi connectivity index (χ4n) is 3.24. The van der Waals surface area contributed by atoms with Crippen LogP contribution >= 0.6 is 0 Å². The molecule has 4 heteroatoms. The topological polar surface area (TPSA) is 34.6 Å². The summed E-state index contributed by atoms with van der Waals surface area (Å²) >= 11 is 0. The molecule has 0 aliphatic carbocycles. The molecule has 0 saturated carbocycles. The molecule has 0 radical (unpaired) electrons. The maximum Gasteiger partial charge on any atom is 0.247 e. The molecule has 2 rings (SSSR count). The highest BCUT2D eigenvalue weighted by Crippen LogP contribution is 2.40. The molecule has 0 aliphatic heterocycles. The van der Waals surface area contributed by atoms with Crippen LogP contribution in [0.3, 0.4) is 0 Å². The predicted molar refractivity (Wildman–Crippen MR) is 109 cm³/mol. The van der Waals surface area contributed by atoms with Crippen LogP contribution in [0.5, 0.6) is 17.4 Å². The normalized spacial score (nSPS) is 11.0. The highest BCUT2D eigenvalue weighted by Gasteiger charge is 2.20. The first-order valence-corrected chi connectivity index (χ1v) is 9.38. The number of rotatable bonds is 7. The molecule has 0 atom stereocenters. The van der Waals surface area contributed by atoms with E-state index in [1.54, 1.807) is 0 Å². The summed E-state index contributed by atoms with van der Waals surface area (Å²) in [7, 11) is 3.99. The van der Waals surface area contributed by atoms with E-state index in [0.717, 1.165) is 46.8 Å². The molecule has 26 heavy (non-hydrogen) atoms. The van der Waals surface area contributed by atoms with Crippen LogP contribution in [-0.2, 0) is 0 Å². The summed E-state index contributed by atoms with van der Waals surface area (Å²) in [6.07, 6.45) is 2.12. The number of hydrogen-bond donors (Lipinski definition) is 0. The average molecular weight is 357 g/mol. The molecule has 0 saturated heterocycles. The van der Waals surface area contributed by atoms with Crippen molar-refractivity contribution < 1.29 is 9.47 Å². The van der Waals surface area contributed by atoms with Gasteiger partial charge in [0.25, 0.3) is 0 Å². The zero-order valence-corrected chi connectivity index (χ0v) is 17.4. The molecule has 1 aromatic carbocycles. The number of aryl methyl sites for hydroxylation is 4. The van der Waals surface area contributed by atoms with E-state index in [1.165, 1.54) is 5.56 Å². The standard InChI is InChI=1S/C22H32N2O2/c1-9-18(10-2)25-19-13-17(6)23-22(20(19)24(7)8)26-21-15(4)11-14(3)12-16(21)5/h11-13,18H,9-10H2,1-8H3. The van der Waals surface area contributed by atoms with Crippen molar-refractivity contribution in [2.24, 2.45) is 0 Å². The molecule has 2 aromatic rings. The Hall–Kier alpha value is -2.23. The predicted octanol–water partition coefficient (Wildman–Crippen LogP) is 5.74. The first kappa shape index (κ1) is 20.1. The van der Waals surface area contributed by atoms with Crippen molar-refractivity contribution >= 4 is 5.69 Å². The maximum atomic E-state index is 6.32. The van der Waals surface area contributed by atoms with Gasteiger partial charge in [0.2, 0.25) is 5.88 Å². The number of anilines is 1. The van der Waals surface area contributed by atoms with Crippen molar-refractivity contribution in [1.29, 1.82) is 0 Å². The van der Waals surface area contributed by atoms with Crippen LogP contribution in [-0.4, -0.2) is 25.2 Å². The van der Waals surface area contributed by atoms with Gasteiger partial charge in [0, 0.05) is 25.9 Å². The van der Waals surface area contributed by atoms with E-state index in [4.69, 9.17) is 9.47 Å². The summed E-state index contributed by atoms with van der Waals surface area (Å²) in [5, 5.41) is 0. The molecule has 142 valence electrons. The Morgan fingerprint density at radius 2 is 1.54 bits per heavy atom. The Morgan fingerprint density at radius 3 is 2.04 bits per heavy atom. The van der Waals surface area contributed by atoms with Crippen LogP contribution in [0.1, 0.15) is 49.1 Å². The summed E-state index contributed by atoms with van der Waals surface area (Å²) in [5.74, 6) is 2.28. The minimum atomic E-state index is 0.186. The Bertz CT molecular complexity index is 742. The number of pyridine rings is 1. The SMILES string of the molecule is CCC(CC)Oc1cc(C)nc(Oc2c(C)cc(C)cc2C)c1N(C)C. The molecule has 0 amide bonds. The monoisotopic (exact) mass is 356 g/mol. The highest BCUT2D eigenvalue weighted by molar-refractivity contribution is 5.66. The second-order valence-electron chi connectivity index (χ2n) is 7.20. The number of nitrogens with zero attached hydrogens (tertiary/aromatic N) is 2. The van der Waals surface area contributed by atoms with Gasteiger partial charge in [-0.2, -0.15) is 0 Å². The lowest BCUT2D eigenvalue weighted by Gasteiger charge is -2.25. The molecule has 0 unspecified atom stereocenters. The quantitative estimate of drug-likeness (QED) is 0.633. The van der Waals surface area contributed by atoms with Gasteiger partial charge in [-0.1, -0.05) is 31.5 Å². The third kappa shape index (κ3) is 4.48. The van der Waals surface area contributed by atoms with Crippen LogP contribution in [0.25, 0.3) is 0 Å². The van der Waals surface area contributed by atoms with Crippen LogP contribution < -0.4 is 14.4 Å². The van der Waals surface area contributed by atoms with Crippen LogP contribution in [0.15, 0.2) is 18.2 Å². The fourth-order valence-corrected chi connectivity index (χ4v) is 3.24. The van der Waals surface area contributed by atoms with Crippen LogP contribution in [0.2, 0.25) is 0 Å².